The molecule has 2 unspecified atom stereocenters. The second kappa shape index (κ2) is 51.9. The summed E-state index contributed by atoms with van der Waals surface area (Å²) in [6.45, 7) is 24.3. The van der Waals surface area contributed by atoms with Crippen LogP contribution in [-0.4, -0.2) is 264 Å². The van der Waals surface area contributed by atoms with Crippen LogP contribution in [0.4, 0.5) is 29.1 Å². The zero-order valence-electron chi connectivity index (χ0n) is 79.9. The lowest BCUT2D eigenvalue weighted by Crippen LogP contribution is -2.38. The number of rotatable bonds is 30. The summed E-state index contributed by atoms with van der Waals surface area (Å²) in [5, 5.41) is 23.3. The number of hydrogen-bond acceptors (Lipinski definition) is 35. The number of piperidine rings is 5. The molecule has 0 bridgehead atoms. The fourth-order valence-electron chi connectivity index (χ4n) is 20.3. The molecule has 15 N–H and O–H groups in total. The zero-order valence-corrected chi connectivity index (χ0v) is 88.1. The number of nitrogens with two attached hydrogens (primary N) is 5. The van der Waals surface area contributed by atoms with E-state index in [4.69, 9.17) is 43.6 Å². The predicted molar refractivity (Wildman–Crippen MR) is 572 cm³/mol. The Hall–Kier alpha value is -6.90. The molecule has 2 atom stereocenters. The smallest absolute Gasteiger partial charge is 0.230 e. The number of nitrogen functional groups attached to an aromatic ring is 5. The van der Waals surface area contributed by atoms with Gasteiger partial charge in [-0.3, -0.25) is 24.0 Å². The van der Waals surface area contributed by atoms with Crippen molar-refractivity contribution in [2.24, 2.45) is 5.92 Å². The van der Waals surface area contributed by atoms with Gasteiger partial charge in [-0.05, 0) is 278 Å². The van der Waals surface area contributed by atoms with Gasteiger partial charge in [0.15, 0.2) is 25.8 Å². The first-order valence-electron chi connectivity index (χ1n) is 50.3. The third-order valence-corrected chi connectivity index (χ3v) is 37.6. The van der Waals surface area contributed by atoms with Crippen LogP contribution in [0.2, 0.25) is 0 Å². The fraction of sp³-hybridized carbons (Fsp3) is 0.639. The van der Waals surface area contributed by atoms with Gasteiger partial charge in [0.25, 0.3) is 0 Å². The lowest BCUT2D eigenvalue weighted by molar-refractivity contribution is -0.119. The number of hydrogen-bond donors (Lipinski definition) is 10. The molecular weight excluding hydrogens is 1920 g/mol. The van der Waals surface area contributed by atoms with Crippen LogP contribution in [0.1, 0.15) is 226 Å². The maximum atomic E-state index is 12.2. The van der Waals surface area contributed by atoms with E-state index in [0.717, 1.165) is 213 Å². The number of nitrogens with zero attached hydrogens (tertiary/aromatic N) is 15. The van der Waals surface area contributed by atoms with Crippen molar-refractivity contribution in [3.05, 3.63) is 52.2 Å². The average Bonchev–Trinajstić information content (AvgIpc) is 1.61. The summed E-state index contributed by atoms with van der Waals surface area (Å²) in [6.07, 6.45) is 40.3. The van der Waals surface area contributed by atoms with Crippen molar-refractivity contribution >= 4 is 225 Å². The quantitative estimate of drug-likeness (QED) is 0.0114. The van der Waals surface area contributed by atoms with Crippen molar-refractivity contribution < 1.29 is 24.0 Å². The normalized spacial score (nSPS) is 18.8. The van der Waals surface area contributed by atoms with Gasteiger partial charge in [-0.15, -0.1) is 56.7 Å². The molecule has 0 spiro atoms. The number of likely N-dealkylation sites (tertiary alicyclic amines) is 5. The molecule has 20 rings (SSSR count). The van der Waals surface area contributed by atoms with Crippen LogP contribution in [0.15, 0.2) is 25.8 Å². The molecule has 5 fully saturated rings. The van der Waals surface area contributed by atoms with Gasteiger partial charge in [0, 0.05) is 89.8 Å². The van der Waals surface area contributed by atoms with Gasteiger partial charge in [0.05, 0.1) is 55.7 Å². The predicted octanol–water partition coefficient (Wildman–Crippen LogP) is 15.0. The highest BCUT2D eigenvalue weighted by molar-refractivity contribution is 8.00. The molecule has 5 aliphatic heterocycles. The zero-order chi connectivity index (χ0) is 94.9. The summed E-state index contributed by atoms with van der Waals surface area (Å²) in [5.41, 5.74) is 38.0. The minimum absolute atomic E-state index is 0.0305. The summed E-state index contributed by atoms with van der Waals surface area (Å²) < 4.78 is 0. The first-order chi connectivity index (χ1) is 66.8. The lowest BCUT2D eigenvalue weighted by Gasteiger charge is -2.26. The van der Waals surface area contributed by atoms with Crippen molar-refractivity contribution in [2.75, 3.05) is 188 Å². The summed E-state index contributed by atoms with van der Waals surface area (Å²) in [7, 11) is 0. The van der Waals surface area contributed by atoms with Crippen molar-refractivity contribution in [3.63, 3.8) is 0 Å². The molecule has 5 amide bonds. The molecule has 0 aromatic carbocycles. The highest BCUT2D eigenvalue weighted by Crippen LogP contribution is 2.47. The Bertz CT molecular complexity index is 5680. The number of carbonyl (C=O) groups is 5. The van der Waals surface area contributed by atoms with E-state index in [9.17, 15) is 24.0 Å². The number of fused-ring (bicyclic) bond motifs is 15. The topological polar surface area (TPSA) is 421 Å². The van der Waals surface area contributed by atoms with Gasteiger partial charge in [0.2, 0.25) is 29.5 Å². The van der Waals surface area contributed by atoms with Gasteiger partial charge in [-0.1, -0.05) is 111 Å². The maximum absolute atomic E-state index is 12.2. The van der Waals surface area contributed by atoms with Crippen LogP contribution >= 0.6 is 115 Å². The van der Waals surface area contributed by atoms with Crippen molar-refractivity contribution in [2.45, 2.75) is 257 Å². The Balaban J connectivity index is 0.000000124. The van der Waals surface area contributed by atoms with Crippen LogP contribution in [0, 0.1) is 5.92 Å². The van der Waals surface area contributed by atoms with Crippen LogP contribution in [0.5, 0.6) is 0 Å². The summed E-state index contributed by atoms with van der Waals surface area (Å²) in [6, 6.07) is 0. The summed E-state index contributed by atoms with van der Waals surface area (Å²) in [4.78, 5) is 130. The number of amides is 5. The molecule has 10 aliphatic rings. The molecule has 742 valence electrons. The molecular formula is C97H139N25O5S10. The van der Waals surface area contributed by atoms with Crippen molar-refractivity contribution in [1.82, 2.24) is 101 Å². The highest BCUT2D eigenvalue weighted by atomic mass is 32.2. The van der Waals surface area contributed by atoms with Gasteiger partial charge < -0.3 is 79.8 Å². The fourth-order valence-corrected chi connectivity index (χ4v) is 30.5. The molecule has 30 nitrogen and oxygen atoms in total. The molecule has 10 aromatic heterocycles. The Morgan fingerprint density at radius 1 is 0.285 bits per heavy atom. The SMILES string of the molecule is CC1CCCc2sc3nc(SCC(=O)NCCN4CCCCC4)nc(N)c3c21.CC1CCc2c(sc3nc(SCC(=O)NCCN4CCCCC4)nc(N)c23)C1.Nc1nc(SCC(=O)NCCN2CCCCC2)nc2sc3c(c12)CCC3.Nc1nc(SCC(=O)NCCN2CCCCC2)nc2sc3c(c12)CCCC3.Nc1nc(SCC(=O)NCCN2CCCCC2)nc2sc3c(c12)CCCCC3. The molecule has 0 saturated carbocycles. The molecule has 15 heterocycles. The highest BCUT2D eigenvalue weighted by Gasteiger charge is 2.31. The van der Waals surface area contributed by atoms with Crippen LogP contribution in [-0.2, 0) is 81.8 Å². The minimum atomic E-state index is 0.0305. The van der Waals surface area contributed by atoms with Crippen molar-refractivity contribution in [3.8, 4) is 0 Å². The number of aromatic nitrogens is 10. The number of anilines is 5. The maximum Gasteiger partial charge on any atom is 0.230 e. The first-order valence-corrected chi connectivity index (χ1v) is 59.3. The summed E-state index contributed by atoms with van der Waals surface area (Å²) in [5.74, 6) is 5.85. The molecule has 0 radical (unpaired) electrons. The second-order valence-electron chi connectivity index (χ2n) is 37.8. The van der Waals surface area contributed by atoms with Gasteiger partial charge in [0.1, 0.15) is 53.2 Å². The molecule has 5 saturated heterocycles. The van der Waals surface area contributed by atoms with Gasteiger partial charge >= 0.3 is 0 Å². The number of nitrogens with one attached hydrogen (secondary N) is 5. The number of thiophene rings is 5. The average molecular weight is 2060 g/mol. The molecule has 10 aromatic rings. The Labute approximate surface area is 847 Å². The van der Waals surface area contributed by atoms with Crippen LogP contribution in [0.25, 0.3) is 51.1 Å². The third kappa shape index (κ3) is 29.0. The van der Waals surface area contributed by atoms with Gasteiger partial charge in [-0.25, -0.2) is 49.8 Å². The minimum Gasteiger partial charge on any atom is -0.383 e. The number of carbonyl (C=O) groups excluding carboxylic acids is 5. The standard InChI is InChI=1S/3C20H29N5OS2.C19H27N5OS2.C18H25N5OS2/c1-13-5-6-14-15(11-13)28-19-17(14)18(21)23-20(24-19)27-12-16(26)22-7-10-25-8-3-2-4-9-25;1-13-6-5-7-14-16(13)17-18(21)23-20(24-19(17)28-14)27-12-15(26)22-8-11-25-9-3-2-4-10-25;21-18-17-14-7-3-1-4-8-15(14)28-19(17)24-20(23-18)27-13-16(26)22-9-12-25-10-5-2-6-11-25;20-17-16-13-6-2-3-7-14(13)27-18(16)23-19(22-17)26-12-15(25)21-8-11-24-9-4-1-5-10-24;19-16-15-12-5-4-6-13(12)26-17(15)22-18(21-16)25-11-14(24)20-7-10-23-8-2-1-3-9-23/h2*13H,2-12H2,1H3,(H,22,26)(H2,21,23,24);1-13H2,(H,22,26)(H2,21,23,24);1-12H2,(H,21,25)(H2,20,22,23);1-11H2,(H,20,24)(H2,19,21,22). The largest absolute Gasteiger partial charge is 0.383 e. The van der Waals surface area contributed by atoms with Gasteiger partial charge in [-0.2, -0.15) is 0 Å². The summed E-state index contributed by atoms with van der Waals surface area (Å²) >= 11 is 15.6. The number of aryl methyl sites for hydroxylation is 8. The van der Waals surface area contributed by atoms with E-state index in [1.807, 2.05) is 0 Å². The van der Waals surface area contributed by atoms with Crippen molar-refractivity contribution in [1.29, 1.82) is 0 Å². The van der Waals surface area contributed by atoms with E-state index in [2.05, 4.69) is 99.8 Å². The monoisotopic (exact) mass is 2050 g/mol. The molecule has 137 heavy (non-hydrogen) atoms. The van der Waals surface area contributed by atoms with E-state index in [-0.39, 0.29) is 29.5 Å². The Kier molecular flexibility index (Phi) is 39.0. The molecule has 5 aliphatic carbocycles. The lowest BCUT2D eigenvalue weighted by atomic mass is 9.87. The van der Waals surface area contributed by atoms with E-state index >= 15 is 0 Å². The molecule has 40 heteroatoms. The first kappa shape index (κ1) is 103. The van der Waals surface area contributed by atoms with E-state index < -0.39 is 0 Å². The van der Waals surface area contributed by atoms with E-state index in [1.165, 1.54) is 265 Å². The third-order valence-electron chi connectivity index (χ3n) is 27.5. The Morgan fingerprint density at radius 3 is 0.869 bits per heavy atom. The van der Waals surface area contributed by atoms with Crippen LogP contribution in [0.3, 0.4) is 0 Å². The second-order valence-corrected chi connectivity index (χ2v) is 47.9. The Morgan fingerprint density at radius 2 is 0.533 bits per heavy atom. The number of thioether (sulfide) groups is 5. The van der Waals surface area contributed by atoms with Crippen LogP contribution < -0.4 is 55.3 Å². The van der Waals surface area contributed by atoms with E-state index in [0.29, 0.717) is 122 Å². The van der Waals surface area contributed by atoms with E-state index in [1.54, 1.807) is 56.7 Å².